The molecule has 4 nitrogen and oxygen atoms in total. The summed E-state index contributed by atoms with van der Waals surface area (Å²) < 4.78 is 4.93. The van der Waals surface area contributed by atoms with Crippen LogP contribution in [0.2, 0.25) is 0 Å². The average molecular weight is 247 g/mol. The minimum absolute atomic E-state index is 0.186. The van der Waals surface area contributed by atoms with Gasteiger partial charge in [-0.3, -0.25) is 0 Å². The van der Waals surface area contributed by atoms with Crippen molar-refractivity contribution in [1.82, 2.24) is 14.7 Å². The van der Waals surface area contributed by atoms with Crippen LogP contribution in [0, 0.1) is 0 Å². The highest BCUT2D eigenvalue weighted by Crippen LogP contribution is 2.19. The van der Waals surface area contributed by atoms with Gasteiger partial charge in [-0.15, -0.1) is 0 Å². The SMILES string of the molecule is CC(C)NC(CO)CCSc1ncns1. The van der Waals surface area contributed by atoms with Gasteiger partial charge in [0.1, 0.15) is 6.33 Å². The molecule has 0 aliphatic rings. The third-order valence-electron chi connectivity index (χ3n) is 1.82. The summed E-state index contributed by atoms with van der Waals surface area (Å²) in [5, 5.41) is 12.4. The van der Waals surface area contributed by atoms with Crippen molar-refractivity contribution in [2.75, 3.05) is 12.4 Å². The maximum Gasteiger partial charge on any atom is 0.169 e. The molecule has 6 heteroatoms. The molecule has 0 aliphatic carbocycles. The Morgan fingerprint density at radius 2 is 2.40 bits per heavy atom. The first kappa shape index (κ1) is 12.9. The Balaban J connectivity index is 2.17. The smallest absolute Gasteiger partial charge is 0.169 e. The number of nitrogens with zero attached hydrogens (tertiary/aromatic N) is 2. The van der Waals surface area contributed by atoms with Crippen LogP contribution >= 0.6 is 23.3 Å². The van der Waals surface area contributed by atoms with Crippen molar-refractivity contribution in [3.05, 3.63) is 6.33 Å². The van der Waals surface area contributed by atoms with E-state index in [-0.39, 0.29) is 12.6 Å². The lowest BCUT2D eigenvalue weighted by Gasteiger charge is -2.18. The summed E-state index contributed by atoms with van der Waals surface area (Å²) in [7, 11) is 0. The van der Waals surface area contributed by atoms with Crippen LogP contribution in [0.4, 0.5) is 0 Å². The van der Waals surface area contributed by atoms with Crippen LogP contribution in [-0.4, -0.2) is 38.9 Å². The minimum Gasteiger partial charge on any atom is -0.395 e. The minimum atomic E-state index is 0.186. The first-order valence-corrected chi connectivity index (χ1v) is 6.74. The average Bonchev–Trinajstić information content (AvgIpc) is 2.68. The number of nitrogens with one attached hydrogen (secondary N) is 1. The summed E-state index contributed by atoms with van der Waals surface area (Å²) >= 11 is 3.11. The fraction of sp³-hybridized carbons (Fsp3) is 0.778. The van der Waals surface area contributed by atoms with E-state index in [1.165, 1.54) is 11.5 Å². The summed E-state index contributed by atoms with van der Waals surface area (Å²) in [4.78, 5) is 4.09. The zero-order valence-electron chi connectivity index (χ0n) is 9.01. The van der Waals surface area contributed by atoms with Crippen LogP contribution in [0.5, 0.6) is 0 Å². The Hall–Kier alpha value is -0.170. The second kappa shape index (κ2) is 7.16. The topological polar surface area (TPSA) is 58.0 Å². The second-order valence-electron chi connectivity index (χ2n) is 3.55. The van der Waals surface area contributed by atoms with Crippen molar-refractivity contribution < 1.29 is 5.11 Å². The summed E-state index contributed by atoms with van der Waals surface area (Å²) in [6.07, 6.45) is 2.52. The number of hydrogen-bond donors (Lipinski definition) is 2. The van der Waals surface area contributed by atoms with Gasteiger partial charge < -0.3 is 10.4 Å². The Kier molecular flexibility index (Phi) is 6.16. The number of hydrogen-bond acceptors (Lipinski definition) is 6. The number of aliphatic hydroxyl groups is 1. The molecule has 1 unspecified atom stereocenters. The van der Waals surface area contributed by atoms with E-state index in [1.54, 1.807) is 18.1 Å². The van der Waals surface area contributed by atoms with Crippen molar-refractivity contribution in [2.24, 2.45) is 0 Å². The van der Waals surface area contributed by atoms with Crippen LogP contribution < -0.4 is 5.32 Å². The molecule has 1 atom stereocenters. The van der Waals surface area contributed by atoms with Crippen LogP contribution in [0.1, 0.15) is 20.3 Å². The molecule has 0 saturated heterocycles. The normalized spacial score (nSPS) is 13.3. The predicted octanol–water partition coefficient (Wildman–Crippen LogP) is 1.38. The standard InChI is InChI=1S/C9H17N3OS2/c1-7(2)12-8(5-13)3-4-14-9-10-6-11-15-9/h6-8,12-13H,3-5H2,1-2H3. The van der Waals surface area contributed by atoms with Gasteiger partial charge in [0, 0.05) is 17.8 Å². The van der Waals surface area contributed by atoms with Gasteiger partial charge in [-0.25, -0.2) is 4.98 Å². The van der Waals surface area contributed by atoms with Crippen molar-refractivity contribution in [3.8, 4) is 0 Å². The van der Waals surface area contributed by atoms with Gasteiger partial charge in [-0.2, -0.15) is 4.37 Å². The lowest BCUT2D eigenvalue weighted by molar-refractivity contribution is 0.232. The molecule has 2 N–H and O–H groups in total. The summed E-state index contributed by atoms with van der Waals surface area (Å²) in [6, 6.07) is 0.596. The van der Waals surface area contributed by atoms with E-state index in [4.69, 9.17) is 5.11 Å². The highest BCUT2D eigenvalue weighted by molar-refractivity contribution is 8.00. The Morgan fingerprint density at radius 1 is 1.60 bits per heavy atom. The van der Waals surface area contributed by atoms with E-state index in [0.29, 0.717) is 6.04 Å². The number of thioether (sulfide) groups is 1. The maximum absolute atomic E-state index is 9.13. The van der Waals surface area contributed by atoms with E-state index >= 15 is 0 Å². The molecule has 0 amide bonds. The highest BCUT2D eigenvalue weighted by atomic mass is 32.2. The summed E-state index contributed by atoms with van der Waals surface area (Å²) in [5.74, 6) is 0.958. The Morgan fingerprint density at radius 3 is 2.93 bits per heavy atom. The molecule has 15 heavy (non-hydrogen) atoms. The number of rotatable bonds is 7. The van der Waals surface area contributed by atoms with Gasteiger partial charge in [-0.1, -0.05) is 25.6 Å². The molecule has 0 aromatic carbocycles. The van der Waals surface area contributed by atoms with Crippen LogP contribution in [0.25, 0.3) is 0 Å². The van der Waals surface area contributed by atoms with Crippen LogP contribution in [-0.2, 0) is 0 Å². The first-order valence-electron chi connectivity index (χ1n) is 4.98. The van der Waals surface area contributed by atoms with Crippen LogP contribution in [0.15, 0.2) is 10.7 Å². The van der Waals surface area contributed by atoms with Gasteiger partial charge >= 0.3 is 0 Å². The summed E-state index contributed by atoms with van der Waals surface area (Å²) in [5.41, 5.74) is 0. The highest BCUT2D eigenvalue weighted by Gasteiger charge is 2.08. The molecular formula is C9H17N3OS2. The van der Waals surface area contributed by atoms with Crippen molar-refractivity contribution >= 4 is 23.3 Å². The van der Waals surface area contributed by atoms with Gasteiger partial charge in [0.25, 0.3) is 0 Å². The van der Waals surface area contributed by atoms with Crippen molar-refractivity contribution in [2.45, 2.75) is 36.7 Å². The quantitative estimate of drug-likeness (QED) is 0.713. The zero-order valence-corrected chi connectivity index (χ0v) is 10.6. The maximum atomic E-state index is 9.13. The fourth-order valence-electron chi connectivity index (χ4n) is 1.21. The van der Waals surface area contributed by atoms with Crippen molar-refractivity contribution in [1.29, 1.82) is 0 Å². The van der Waals surface area contributed by atoms with E-state index in [0.717, 1.165) is 16.5 Å². The van der Waals surface area contributed by atoms with Gasteiger partial charge in [0.05, 0.1) is 6.61 Å². The number of aromatic nitrogens is 2. The number of aliphatic hydroxyl groups excluding tert-OH is 1. The molecule has 0 spiro atoms. The molecule has 0 fully saturated rings. The third-order valence-corrected chi connectivity index (χ3v) is 3.65. The van der Waals surface area contributed by atoms with Gasteiger partial charge in [-0.05, 0) is 18.0 Å². The molecule has 1 aromatic rings. The molecular weight excluding hydrogens is 230 g/mol. The summed E-state index contributed by atoms with van der Waals surface area (Å²) in [6.45, 7) is 4.36. The van der Waals surface area contributed by atoms with E-state index in [9.17, 15) is 0 Å². The van der Waals surface area contributed by atoms with Crippen molar-refractivity contribution in [3.63, 3.8) is 0 Å². The zero-order chi connectivity index (χ0) is 11.1. The molecule has 1 rings (SSSR count). The molecule has 0 bridgehead atoms. The first-order chi connectivity index (χ1) is 7.22. The lowest BCUT2D eigenvalue weighted by Crippen LogP contribution is -2.37. The Bertz CT molecular complexity index is 254. The van der Waals surface area contributed by atoms with E-state index in [2.05, 4.69) is 28.5 Å². The monoisotopic (exact) mass is 247 g/mol. The molecule has 0 aliphatic heterocycles. The van der Waals surface area contributed by atoms with E-state index in [1.807, 2.05) is 0 Å². The lowest BCUT2D eigenvalue weighted by atomic mass is 10.2. The molecule has 0 radical (unpaired) electrons. The van der Waals surface area contributed by atoms with Gasteiger partial charge in [0.2, 0.25) is 0 Å². The molecule has 1 aromatic heterocycles. The predicted molar refractivity (Wildman–Crippen MR) is 64.4 cm³/mol. The van der Waals surface area contributed by atoms with Crippen LogP contribution in [0.3, 0.4) is 0 Å². The Labute approximate surface area is 98.7 Å². The molecule has 86 valence electrons. The largest absolute Gasteiger partial charge is 0.395 e. The third kappa shape index (κ3) is 5.46. The van der Waals surface area contributed by atoms with E-state index < -0.39 is 0 Å². The molecule has 1 heterocycles. The fourth-order valence-corrected chi connectivity index (χ4v) is 2.78. The van der Waals surface area contributed by atoms with Gasteiger partial charge in [0.15, 0.2) is 4.34 Å². The molecule has 0 saturated carbocycles. The second-order valence-corrected chi connectivity index (χ2v) is 5.67.